The number of methoxy groups -OCH3 is 1. The van der Waals surface area contributed by atoms with Crippen molar-refractivity contribution in [3.8, 4) is 11.5 Å². The predicted molar refractivity (Wildman–Crippen MR) is 96.3 cm³/mol. The van der Waals surface area contributed by atoms with Crippen molar-refractivity contribution in [1.29, 1.82) is 0 Å². The zero-order valence-electron chi connectivity index (χ0n) is 13.9. The second-order valence-electron chi connectivity index (χ2n) is 5.44. The molecule has 3 rings (SSSR count). The maximum Gasteiger partial charge on any atom is 0.561 e. The molecule has 132 valence electrons. The SMILES string of the molecule is COc1cc2c(NCc3ccc(B(O)OC=O)cc3)ncnc2cc1O. The van der Waals surface area contributed by atoms with E-state index >= 15 is 0 Å². The first kappa shape index (κ1) is 17.5. The second kappa shape index (κ2) is 7.71. The predicted octanol–water partition coefficient (Wildman–Crippen LogP) is 0.817. The molecule has 0 fully saturated rings. The Morgan fingerprint density at radius 1 is 1.23 bits per heavy atom. The van der Waals surface area contributed by atoms with E-state index in [4.69, 9.17) is 4.74 Å². The normalized spacial score (nSPS) is 10.4. The van der Waals surface area contributed by atoms with E-state index in [1.54, 1.807) is 30.3 Å². The number of benzene rings is 2. The van der Waals surface area contributed by atoms with Gasteiger partial charge in [-0.05, 0) is 17.1 Å². The van der Waals surface area contributed by atoms with Crippen molar-refractivity contribution in [2.75, 3.05) is 12.4 Å². The number of aromatic hydroxyl groups is 1. The molecule has 0 unspecified atom stereocenters. The van der Waals surface area contributed by atoms with Crippen molar-refractivity contribution in [2.45, 2.75) is 6.54 Å². The smallest absolute Gasteiger partial charge is 0.508 e. The number of carbonyl (C=O) groups is 1. The molecule has 0 radical (unpaired) electrons. The number of carbonyl (C=O) groups excluding carboxylic acids is 1. The molecule has 3 N–H and O–H groups in total. The van der Waals surface area contributed by atoms with Crippen LogP contribution in [0.15, 0.2) is 42.7 Å². The topological polar surface area (TPSA) is 114 Å². The van der Waals surface area contributed by atoms with Gasteiger partial charge in [0.05, 0.1) is 12.6 Å². The maximum absolute atomic E-state index is 10.3. The third-order valence-electron chi connectivity index (χ3n) is 3.85. The third-order valence-corrected chi connectivity index (χ3v) is 3.85. The molecular formula is C17H16BN3O5. The first-order valence-electron chi connectivity index (χ1n) is 7.74. The fraction of sp³-hybridized carbons (Fsp3) is 0.118. The van der Waals surface area contributed by atoms with Gasteiger partial charge in [-0.15, -0.1) is 0 Å². The van der Waals surface area contributed by atoms with Gasteiger partial charge in [-0.3, -0.25) is 4.79 Å². The summed E-state index contributed by atoms with van der Waals surface area (Å²) in [4.78, 5) is 18.6. The highest BCUT2D eigenvalue weighted by atomic mass is 16.5. The van der Waals surface area contributed by atoms with Gasteiger partial charge in [0.25, 0.3) is 6.47 Å². The average molecular weight is 353 g/mol. The number of rotatable bonds is 7. The molecular weight excluding hydrogens is 337 g/mol. The van der Waals surface area contributed by atoms with Crippen LogP contribution in [0.25, 0.3) is 10.9 Å². The lowest BCUT2D eigenvalue weighted by Gasteiger charge is -2.11. The number of phenolic OH excluding ortho intramolecular Hbond substituents is 1. The van der Waals surface area contributed by atoms with Gasteiger partial charge < -0.3 is 24.8 Å². The molecule has 0 atom stereocenters. The van der Waals surface area contributed by atoms with E-state index in [0.29, 0.717) is 34.5 Å². The van der Waals surface area contributed by atoms with Crippen molar-refractivity contribution in [2.24, 2.45) is 0 Å². The molecule has 26 heavy (non-hydrogen) atoms. The lowest BCUT2D eigenvalue weighted by molar-refractivity contribution is -0.121. The van der Waals surface area contributed by atoms with Crippen LogP contribution in [0.4, 0.5) is 5.82 Å². The number of anilines is 1. The molecule has 3 aromatic rings. The number of phenols is 1. The van der Waals surface area contributed by atoms with Gasteiger partial charge in [-0.2, -0.15) is 0 Å². The van der Waals surface area contributed by atoms with Crippen molar-refractivity contribution >= 4 is 35.8 Å². The van der Waals surface area contributed by atoms with Crippen molar-refractivity contribution < 1.29 is 24.3 Å². The molecule has 0 aliphatic carbocycles. The Hall–Kier alpha value is -3.33. The molecule has 2 aromatic carbocycles. The highest BCUT2D eigenvalue weighted by Gasteiger charge is 2.17. The molecule has 8 nitrogen and oxygen atoms in total. The van der Waals surface area contributed by atoms with Gasteiger partial charge in [0, 0.05) is 18.0 Å². The maximum atomic E-state index is 10.3. The first-order chi connectivity index (χ1) is 12.6. The van der Waals surface area contributed by atoms with Gasteiger partial charge >= 0.3 is 7.12 Å². The molecule has 0 aliphatic rings. The monoisotopic (exact) mass is 353 g/mol. The Bertz CT molecular complexity index is 920. The van der Waals surface area contributed by atoms with E-state index in [2.05, 4.69) is 19.9 Å². The highest BCUT2D eigenvalue weighted by Crippen LogP contribution is 2.32. The van der Waals surface area contributed by atoms with Crippen molar-refractivity contribution in [3.05, 3.63) is 48.3 Å². The number of ether oxygens (including phenoxy) is 1. The summed E-state index contributed by atoms with van der Waals surface area (Å²) >= 11 is 0. The van der Waals surface area contributed by atoms with Crippen molar-refractivity contribution in [3.63, 3.8) is 0 Å². The summed E-state index contributed by atoms with van der Waals surface area (Å²) in [5.74, 6) is 0.946. The Balaban J connectivity index is 1.78. The second-order valence-corrected chi connectivity index (χ2v) is 5.44. The molecule has 0 spiro atoms. The Morgan fingerprint density at radius 2 is 2.00 bits per heavy atom. The molecule has 0 aliphatic heterocycles. The number of hydrogen-bond acceptors (Lipinski definition) is 8. The van der Waals surface area contributed by atoms with Crippen LogP contribution >= 0.6 is 0 Å². The number of fused-ring (bicyclic) bond motifs is 1. The fourth-order valence-corrected chi connectivity index (χ4v) is 2.49. The summed E-state index contributed by atoms with van der Waals surface area (Å²) in [6, 6.07) is 10.1. The minimum atomic E-state index is -1.28. The number of nitrogens with zero attached hydrogens (tertiary/aromatic N) is 2. The van der Waals surface area contributed by atoms with Crippen LogP contribution in [0, 0.1) is 0 Å². The summed E-state index contributed by atoms with van der Waals surface area (Å²) in [7, 11) is 0.197. The average Bonchev–Trinajstić information content (AvgIpc) is 2.66. The van der Waals surface area contributed by atoms with Crippen LogP contribution in [0.2, 0.25) is 0 Å². The van der Waals surface area contributed by atoms with Gasteiger partial charge in [0.15, 0.2) is 11.5 Å². The third kappa shape index (κ3) is 3.67. The van der Waals surface area contributed by atoms with Crippen LogP contribution in [-0.2, 0) is 16.0 Å². The Morgan fingerprint density at radius 3 is 2.69 bits per heavy atom. The van der Waals surface area contributed by atoms with Crippen molar-refractivity contribution in [1.82, 2.24) is 9.97 Å². The summed E-state index contributed by atoms with van der Waals surface area (Å²) in [5, 5.41) is 23.4. The molecule has 9 heteroatoms. The lowest BCUT2D eigenvalue weighted by atomic mass is 9.79. The molecule has 0 bridgehead atoms. The minimum Gasteiger partial charge on any atom is -0.508 e. The van der Waals surface area contributed by atoms with Gasteiger partial charge in [-0.25, -0.2) is 9.97 Å². The summed E-state index contributed by atoms with van der Waals surface area (Å²) < 4.78 is 9.62. The van der Waals surface area contributed by atoms with E-state index in [9.17, 15) is 14.9 Å². The van der Waals surface area contributed by atoms with E-state index in [1.165, 1.54) is 19.5 Å². The van der Waals surface area contributed by atoms with Crippen LogP contribution in [0.3, 0.4) is 0 Å². The van der Waals surface area contributed by atoms with Crippen LogP contribution in [0.5, 0.6) is 11.5 Å². The molecule has 1 heterocycles. The van der Waals surface area contributed by atoms with Gasteiger partial charge in [-0.1, -0.05) is 24.3 Å². The van der Waals surface area contributed by atoms with E-state index in [-0.39, 0.29) is 12.2 Å². The first-order valence-corrected chi connectivity index (χ1v) is 7.74. The Kier molecular flexibility index (Phi) is 5.19. The lowest BCUT2D eigenvalue weighted by Crippen LogP contribution is -2.33. The zero-order chi connectivity index (χ0) is 18.5. The molecule has 0 saturated heterocycles. The zero-order valence-corrected chi connectivity index (χ0v) is 13.9. The number of aromatic nitrogens is 2. The summed E-state index contributed by atoms with van der Waals surface area (Å²) in [6.07, 6.45) is 1.41. The number of hydrogen-bond donors (Lipinski definition) is 3. The minimum absolute atomic E-state index is 0.0105. The van der Waals surface area contributed by atoms with E-state index in [1.807, 2.05) is 0 Å². The fourth-order valence-electron chi connectivity index (χ4n) is 2.49. The van der Waals surface area contributed by atoms with E-state index < -0.39 is 7.12 Å². The van der Waals surface area contributed by atoms with Crippen LogP contribution in [-0.4, -0.2) is 40.8 Å². The van der Waals surface area contributed by atoms with Gasteiger partial charge in [0.2, 0.25) is 0 Å². The summed E-state index contributed by atoms with van der Waals surface area (Å²) in [5.41, 5.74) is 2.00. The van der Waals surface area contributed by atoms with Crippen LogP contribution < -0.4 is 15.5 Å². The Labute approximate surface area is 149 Å². The molecule has 1 aromatic heterocycles. The molecule has 0 amide bonds. The molecule has 0 saturated carbocycles. The summed E-state index contributed by atoms with van der Waals surface area (Å²) in [6.45, 7) is 0.673. The quantitative estimate of drug-likeness (QED) is 0.423. The largest absolute Gasteiger partial charge is 0.561 e. The standard InChI is InChI=1S/C17H16BN3O5/c1-25-16-6-13-14(7-15(16)23)20-9-21-17(13)19-8-11-2-4-12(5-3-11)18(24)26-10-22/h2-7,9-10,23-24H,8H2,1H3,(H,19,20,21). The van der Waals surface area contributed by atoms with Gasteiger partial charge in [0.1, 0.15) is 12.1 Å². The highest BCUT2D eigenvalue weighted by molar-refractivity contribution is 6.61. The number of nitrogens with one attached hydrogen (secondary N) is 1. The van der Waals surface area contributed by atoms with E-state index in [0.717, 1.165) is 5.56 Å². The van der Waals surface area contributed by atoms with Crippen LogP contribution in [0.1, 0.15) is 5.56 Å².